The normalized spacial score (nSPS) is 14.2. The molecule has 0 N–H and O–H groups in total. The monoisotopic (exact) mass is 280 g/mol. The molecule has 4 nitrogen and oxygen atoms in total. The lowest BCUT2D eigenvalue weighted by Crippen LogP contribution is -1.96. The third-order valence-corrected chi connectivity index (χ3v) is 4.98. The molecular weight excluding hydrogens is 268 g/mol. The van der Waals surface area contributed by atoms with Crippen molar-refractivity contribution >= 4 is 17.0 Å². The first-order valence-corrected chi connectivity index (χ1v) is 7.53. The van der Waals surface area contributed by atoms with Crippen LogP contribution in [0.2, 0.25) is 0 Å². The Hall–Kier alpha value is -2.19. The van der Waals surface area contributed by atoms with E-state index in [4.69, 9.17) is 5.26 Å². The van der Waals surface area contributed by atoms with Gasteiger partial charge in [0.05, 0.1) is 10.4 Å². The summed E-state index contributed by atoms with van der Waals surface area (Å²) in [6.45, 7) is 0. The summed E-state index contributed by atoms with van der Waals surface area (Å²) >= 11 is 1.82. The van der Waals surface area contributed by atoms with Gasteiger partial charge >= 0.3 is 0 Å². The number of hydrogen-bond acceptors (Lipinski definition) is 4. The quantitative estimate of drug-likeness (QED) is 0.687. The van der Waals surface area contributed by atoms with Crippen molar-refractivity contribution < 1.29 is 0 Å². The number of aryl methyl sites for hydroxylation is 2. The highest BCUT2D eigenvalue weighted by atomic mass is 32.1. The fourth-order valence-corrected chi connectivity index (χ4v) is 3.96. The van der Waals surface area contributed by atoms with Crippen LogP contribution in [0.5, 0.6) is 0 Å². The average molecular weight is 280 g/mol. The third-order valence-electron chi connectivity index (χ3n) is 3.75. The molecule has 0 saturated carbocycles. The summed E-state index contributed by atoms with van der Waals surface area (Å²) in [7, 11) is 0. The highest BCUT2D eigenvalue weighted by Crippen LogP contribution is 2.35. The highest BCUT2D eigenvalue weighted by Gasteiger charge is 2.17. The molecule has 0 amide bonds. The number of hydrogen-bond donors (Lipinski definition) is 0. The first-order chi connectivity index (χ1) is 9.85. The second kappa shape index (κ2) is 4.43. The van der Waals surface area contributed by atoms with Crippen molar-refractivity contribution in [2.45, 2.75) is 25.7 Å². The van der Waals surface area contributed by atoms with Crippen LogP contribution in [0.1, 0.15) is 28.8 Å². The van der Waals surface area contributed by atoms with Crippen molar-refractivity contribution in [2.24, 2.45) is 0 Å². The molecule has 3 aromatic rings. The number of nitriles is 1. The maximum atomic E-state index is 9.03. The fourth-order valence-electron chi connectivity index (χ4n) is 2.73. The summed E-state index contributed by atoms with van der Waals surface area (Å²) in [6, 6.07) is 8.02. The van der Waals surface area contributed by atoms with E-state index in [0.717, 1.165) is 16.3 Å². The van der Waals surface area contributed by atoms with E-state index in [2.05, 4.69) is 22.3 Å². The van der Waals surface area contributed by atoms with E-state index in [-0.39, 0.29) is 0 Å². The van der Waals surface area contributed by atoms with Crippen LogP contribution in [0.15, 0.2) is 24.4 Å². The molecule has 0 fully saturated rings. The molecule has 3 heterocycles. The maximum absolute atomic E-state index is 9.03. The summed E-state index contributed by atoms with van der Waals surface area (Å²) in [4.78, 5) is 2.64. The molecule has 0 bridgehead atoms. The Morgan fingerprint density at radius 1 is 1.20 bits per heavy atom. The third kappa shape index (κ3) is 1.73. The van der Waals surface area contributed by atoms with Crippen molar-refractivity contribution in [3.05, 3.63) is 40.4 Å². The first-order valence-electron chi connectivity index (χ1n) is 6.72. The minimum absolute atomic E-state index is 0.625. The van der Waals surface area contributed by atoms with Gasteiger partial charge in [-0.2, -0.15) is 5.26 Å². The van der Waals surface area contributed by atoms with Gasteiger partial charge in [0, 0.05) is 11.1 Å². The zero-order chi connectivity index (χ0) is 13.5. The minimum atomic E-state index is 0.625. The van der Waals surface area contributed by atoms with Crippen LogP contribution in [0.25, 0.3) is 16.3 Å². The molecule has 20 heavy (non-hydrogen) atoms. The summed E-state index contributed by atoms with van der Waals surface area (Å²) in [6.07, 6.45) is 6.73. The van der Waals surface area contributed by atoms with Gasteiger partial charge in [0.25, 0.3) is 0 Å². The Morgan fingerprint density at radius 3 is 2.95 bits per heavy atom. The summed E-state index contributed by atoms with van der Waals surface area (Å²) in [5.74, 6) is 0.844. The molecule has 0 spiro atoms. The fraction of sp³-hybridized carbons (Fsp3) is 0.267. The number of pyridine rings is 1. The van der Waals surface area contributed by atoms with Gasteiger partial charge < -0.3 is 0 Å². The van der Waals surface area contributed by atoms with Crippen LogP contribution in [0, 0.1) is 11.3 Å². The van der Waals surface area contributed by atoms with Crippen molar-refractivity contribution in [1.29, 1.82) is 5.26 Å². The zero-order valence-corrected chi connectivity index (χ0v) is 11.7. The van der Waals surface area contributed by atoms with Gasteiger partial charge in [-0.05, 0) is 49.4 Å². The first kappa shape index (κ1) is 11.6. The molecule has 3 aromatic heterocycles. The number of fused-ring (bicyclic) bond motifs is 2. The van der Waals surface area contributed by atoms with E-state index in [0.29, 0.717) is 5.56 Å². The maximum Gasteiger partial charge on any atom is 0.178 e. The van der Waals surface area contributed by atoms with Crippen LogP contribution >= 0.6 is 11.3 Å². The molecule has 0 aromatic carbocycles. The molecule has 0 saturated heterocycles. The topological polar surface area (TPSA) is 54.0 Å². The minimum Gasteiger partial charge on any atom is -0.280 e. The van der Waals surface area contributed by atoms with Crippen LogP contribution in [-0.4, -0.2) is 14.6 Å². The van der Waals surface area contributed by atoms with E-state index in [1.807, 2.05) is 28.0 Å². The number of rotatable bonds is 1. The number of thiophene rings is 1. The van der Waals surface area contributed by atoms with Crippen LogP contribution < -0.4 is 0 Å². The van der Waals surface area contributed by atoms with Gasteiger partial charge in [-0.1, -0.05) is 0 Å². The van der Waals surface area contributed by atoms with Crippen LogP contribution in [-0.2, 0) is 12.8 Å². The lowest BCUT2D eigenvalue weighted by atomic mass is 9.99. The lowest BCUT2D eigenvalue weighted by molar-refractivity contribution is 0.697. The zero-order valence-electron chi connectivity index (χ0n) is 10.8. The van der Waals surface area contributed by atoms with Crippen molar-refractivity contribution in [2.75, 3.05) is 0 Å². The van der Waals surface area contributed by atoms with Crippen LogP contribution in [0.4, 0.5) is 0 Å². The molecule has 0 aliphatic heterocycles. The second-order valence-corrected chi connectivity index (χ2v) is 6.18. The SMILES string of the molecule is N#Cc1ccc2nnc(-c3cc4c(s3)CCCC4)n2c1. The van der Waals surface area contributed by atoms with Gasteiger partial charge in [0.1, 0.15) is 6.07 Å². The Bertz CT molecular complexity index is 814. The van der Waals surface area contributed by atoms with E-state index in [9.17, 15) is 0 Å². The molecule has 98 valence electrons. The smallest absolute Gasteiger partial charge is 0.178 e. The van der Waals surface area contributed by atoms with Gasteiger partial charge in [-0.15, -0.1) is 21.5 Å². The molecule has 4 rings (SSSR count). The Kier molecular flexibility index (Phi) is 2.57. The van der Waals surface area contributed by atoms with Gasteiger partial charge in [-0.3, -0.25) is 4.40 Å². The van der Waals surface area contributed by atoms with Crippen molar-refractivity contribution in [3.63, 3.8) is 0 Å². The van der Waals surface area contributed by atoms with Gasteiger partial charge in [0.2, 0.25) is 0 Å². The summed E-state index contributed by atoms with van der Waals surface area (Å²) in [5.41, 5.74) is 2.87. The predicted octanol–water partition coefficient (Wildman–Crippen LogP) is 3.21. The van der Waals surface area contributed by atoms with E-state index in [1.165, 1.54) is 36.1 Å². The van der Waals surface area contributed by atoms with Gasteiger partial charge in [0.15, 0.2) is 11.5 Å². The average Bonchev–Trinajstić information content (AvgIpc) is 3.09. The lowest BCUT2D eigenvalue weighted by Gasteiger charge is -2.08. The Labute approximate surface area is 120 Å². The molecular formula is C15H12N4S. The largest absolute Gasteiger partial charge is 0.280 e. The van der Waals surface area contributed by atoms with Crippen LogP contribution in [0.3, 0.4) is 0 Å². The predicted molar refractivity (Wildman–Crippen MR) is 77.7 cm³/mol. The molecule has 1 aliphatic carbocycles. The van der Waals surface area contributed by atoms with Gasteiger partial charge in [-0.25, -0.2) is 0 Å². The van der Waals surface area contributed by atoms with Crippen molar-refractivity contribution in [3.8, 4) is 16.8 Å². The summed E-state index contributed by atoms with van der Waals surface area (Å²) < 4.78 is 1.91. The molecule has 5 heteroatoms. The highest BCUT2D eigenvalue weighted by molar-refractivity contribution is 7.15. The number of nitrogens with zero attached hydrogens (tertiary/aromatic N) is 4. The Morgan fingerprint density at radius 2 is 2.10 bits per heavy atom. The molecule has 1 aliphatic rings. The molecule has 0 radical (unpaired) electrons. The van der Waals surface area contributed by atoms with E-state index in [1.54, 1.807) is 6.07 Å². The molecule has 0 atom stereocenters. The van der Waals surface area contributed by atoms with E-state index < -0.39 is 0 Å². The summed E-state index contributed by atoms with van der Waals surface area (Å²) in [5, 5.41) is 17.5. The standard InChI is InChI=1S/C15H12N4S/c16-8-10-5-6-14-17-18-15(19(14)9-10)13-7-11-3-1-2-4-12(11)20-13/h5-7,9H,1-4H2. The second-order valence-electron chi connectivity index (χ2n) is 5.05. The number of aromatic nitrogens is 3. The van der Waals surface area contributed by atoms with E-state index >= 15 is 0 Å². The Balaban J connectivity index is 1.89. The molecule has 0 unspecified atom stereocenters. The van der Waals surface area contributed by atoms with Crippen molar-refractivity contribution in [1.82, 2.24) is 14.6 Å².